The summed E-state index contributed by atoms with van der Waals surface area (Å²) in [5, 5.41) is 0. The molecular weight excluding hydrogens is 394 g/mol. The number of rotatable bonds is 9. The molecule has 1 aliphatic rings. The summed E-state index contributed by atoms with van der Waals surface area (Å²) in [6.45, 7) is 6.41. The summed E-state index contributed by atoms with van der Waals surface area (Å²) in [5.41, 5.74) is 0.800. The topological polar surface area (TPSA) is 90.0 Å². The van der Waals surface area contributed by atoms with Gasteiger partial charge < -0.3 is 14.4 Å². The van der Waals surface area contributed by atoms with E-state index in [1.807, 2.05) is 32.9 Å². The number of carbonyl (C=O) groups excluding carboxylic acids is 2. The predicted molar refractivity (Wildman–Crippen MR) is 111 cm³/mol. The molecule has 0 spiro atoms. The number of hydrogen-bond acceptors (Lipinski definition) is 6. The fraction of sp³-hybridized carbons (Fsp3) is 0.524. The van der Waals surface area contributed by atoms with Crippen molar-refractivity contribution in [3.63, 3.8) is 0 Å². The van der Waals surface area contributed by atoms with E-state index in [1.54, 1.807) is 23.1 Å². The second-order valence-electron chi connectivity index (χ2n) is 7.44. The van der Waals surface area contributed by atoms with Gasteiger partial charge in [-0.25, -0.2) is 13.2 Å². The minimum Gasteiger partial charge on any atom is -0.494 e. The normalized spacial score (nSPS) is 18.1. The molecule has 0 N–H and O–H groups in total. The highest BCUT2D eigenvalue weighted by molar-refractivity contribution is 7.91. The van der Waals surface area contributed by atoms with Gasteiger partial charge in [0.1, 0.15) is 5.75 Å². The van der Waals surface area contributed by atoms with Crippen LogP contribution < -0.4 is 4.74 Å². The van der Waals surface area contributed by atoms with E-state index < -0.39 is 22.4 Å². The molecule has 1 amide bonds. The van der Waals surface area contributed by atoms with Crippen LogP contribution in [-0.4, -0.2) is 62.5 Å². The molecule has 0 bridgehead atoms. The van der Waals surface area contributed by atoms with E-state index in [0.29, 0.717) is 19.6 Å². The van der Waals surface area contributed by atoms with Gasteiger partial charge in [-0.05, 0) is 43.0 Å². The molecule has 0 aliphatic carbocycles. The molecule has 0 aromatic heterocycles. The van der Waals surface area contributed by atoms with Gasteiger partial charge in [0.2, 0.25) is 0 Å². The van der Waals surface area contributed by atoms with Crippen molar-refractivity contribution in [3.8, 4) is 5.75 Å². The molecule has 2 rings (SSSR count). The highest BCUT2D eigenvalue weighted by Gasteiger charge is 2.35. The van der Waals surface area contributed by atoms with Crippen molar-refractivity contribution in [2.24, 2.45) is 5.92 Å². The Morgan fingerprint density at radius 3 is 2.48 bits per heavy atom. The first kappa shape index (κ1) is 22.9. The maximum absolute atomic E-state index is 12.6. The standard InChI is InChI=1S/C21H29NO6S/c1-4-27-19-8-5-17(6-9-19)7-10-21(24)28-14-20(23)22(13-16(2)3)18-11-12-29(25,26)15-18/h5-10,16,18H,4,11-15H2,1-3H3/b10-7+/t18-/m0/s1. The summed E-state index contributed by atoms with van der Waals surface area (Å²) in [5.74, 6) is -0.0183. The van der Waals surface area contributed by atoms with Crippen LogP contribution in [0.3, 0.4) is 0 Å². The molecule has 0 unspecified atom stereocenters. The third kappa shape index (κ3) is 7.53. The molecule has 1 fully saturated rings. The minimum atomic E-state index is -3.11. The Morgan fingerprint density at radius 2 is 1.93 bits per heavy atom. The van der Waals surface area contributed by atoms with Crippen LogP contribution in [0.25, 0.3) is 6.08 Å². The second kappa shape index (κ2) is 10.4. The molecule has 8 heteroatoms. The maximum atomic E-state index is 12.6. The Kier molecular flexibility index (Phi) is 8.25. The first-order valence-electron chi connectivity index (χ1n) is 9.77. The van der Waals surface area contributed by atoms with E-state index in [9.17, 15) is 18.0 Å². The van der Waals surface area contributed by atoms with E-state index in [2.05, 4.69) is 0 Å². The Hall–Kier alpha value is -2.35. The monoisotopic (exact) mass is 423 g/mol. The van der Waals surface area contributed by atoms with E-state index in [-0.39, 0.29) is 29.4 Å². The van der Waals surface area contributed by atoms with Gasteiger partial charge in [0.25, 0.3) is 5.91 Å². The second-order valence-corrected chi connectivity index (χ2v) is 9.67. The molecule has 1 heterocycles. The molecule has 1 aromatic carbocycles. The zero-order chi connectivity index (χ0) is 21.4. The van der Waals surface area contributed by atoms with E-state index in [4.69, 9.17) is 9.47 Å². The van der Waals surface area contributed by atoms with Crippen molar-refractivity contribution < 1.29 is 27.5 Å². The third-order valence-corrected chi connectivity index (χ3v) is 6.22. The van der Waals surface area contributed by atoms with E-state index in [1.165, 1.54) is 6.08 Å². The van der Waals surface area contributed by atoms with Crippen LogP contribution in [0.15, 0.2) is 30.3 Å². The van der Waals surface area contributed by atoms with E-state index in [0.717, 1.165) is 11.3 Å². The number of ether oxygens (including phenoxy) is 2. The quantitative estimate of drug-likeness (QED) is 0.447. The Morgan fingerprint density at radius 1 is 1.24 bits per heavy atom. The summed E-state index contributed by atoms with van der Waals surface area (Å²) in [4.78, 5) is 26.1. The van der Waals surface area contributed by atoms with Crippen LogP contribution in [-0.2, 0) is 24.2 Å². The first-order valence-corrected chi connectivity index (χ1v) is 11.6. The van der Waals surface area contributed by atoms with Crippen molar-refractivity contribution in [3.05, 3.63) is 35.9 Å². The number of amides is 1. The lowest BCUT2D eigenvalue weighted by atomic mass is 10.1. The van der Waals surface area contributed by atoms with Gasteiger partial charge in [-0.2, -0.15) is 0 Å². The average Bonchev–Trinajstić information content (AvgIpc) is 3.03. The van der Waals surface area contributed by atoms with Crippen LogP contribution in [0.2, 0.25) is 0 Å². The van der Waals surface area contributed by atoms with Crippen LogP contribution in [0.5, 0.6) is 5.75 Å². The maximum Gasteiger partial charge on any atom is 0.331 e. The van der Waals surface area contributed by atoms with Gasteiger partial charge in [0.05, 0.1) is 18.1 Å². The number of benzene rings is 1. The Balaban J connectivity index is 1.90. The number of hydrogen-bond donors (Lipinski definition) is 0. The first-order chi connectivity index (χ1) is 13.7. The summed E-state index contributed by atoms with van der Waals surface area (Å²) < 4.78 is 33.9. The van der Waals surface area contributed by atoms with Crippen LogP contribution in [0.1, 0.15) is 32.8 Å². The molecule has 0 radical (unpaired) electrons. The fourth-order valence-electron chi connectivity index (χ4n) is 3.14. The van der Waals surface area contributed by atoms with Gasteiger partial charge in [-0.1, -0.05) is 26.0 Å². The Labute approximate surface area is 172 Å². The fourth-order valence-corrected chi connectivity index (χ4v) is 4.87. The molecule has 7 nitrogen and oxygen atoms in total. The molecule has 29 heavy (non-hydrogen) atoms. The molecule has 160 valence electrons. The summed E-state index contributed by atoms with van der Waals surface area (Å²) >= 11 is 0. The van der Waals surface area contributed by atoms with Crippen molar-refractivity contribution in [1.29, 1.82) is 0 Å². The highest BCUT2D eigenvalue weighted by atomic mass is 32.2. The molecule has 1 aliphatic heterocycles. The van der Waals surface area contributed by atoms with Crippen LogP contribution in [0, 0.1) is 5.92 Å². The van der Waals surface area contributed by atoms with Crippen molar-refractivity contribution in [2.45, 2.75) is 33.2 Å². The highest BCUT2D eigenvalue weighted by Crippen LogP contribution is 2.19. The molecule has 1 saturated heterocycles. The zero-order valence-corrected chi connectivity index (χ0v) is 18.0. The van der Waals surface area contributed by atoms with E-state index >= 15 is 0 Å². The van der Waals surface area contributed by atoms with Crippen molar-refractivity contribution >= 4 is 27.8 Å². The average molecular weight is 424 g/mol. The lowest BCUT2D eigenvalue weighted by Gasteiger charge is -2.29. The molecule has 1 atom stereocenters. The van der Waals surface area contributed by atoms with Gasteiger partial charge in [-0.15, -0.1) is 0 Å². The number of carbonyl (C=O) groups is 2. The van der Waals surface area contributed by atoms with Gasteiger partial charge in [0.15, 0.2) is 16.4 Å². The van der Waals surface area contributed by atoms with Gasteiger partial charge in [0, 0.05) is 18.7 Å². The summed E-state index contributed by atoms with van der Waals surface area (Å²) in [6, 6.07) is 6.87. The summed E-state index contributed by atoms with van der Waals surface area (Å²) in [7, 11) is -3.11. The van der Waals surface area contributed by atoms with Gasteiger partial charge >= 0.3 is 5.97 Å². The molecule has 0 saturated carbocycles. The summed E-state index contributed by atoms with van der Waals surface area (Å²) in [6.07, 6.45) is 3.28. The smallest absolute Gasteiger partial charge is 0.331 e. The molecule has 1 aromatic rings. The molecular formula is C21H29NO6S. The third-order valence-electron chi connectivity index (χ3n) is 4.47. The van der Waals surface area contributed by atoms with Crippen LogP contribution >= 0.6 is 0 Å². The van der Waals surface area contributed by atoms with Crippen molar-refractivity contribution in [1.82, 2.24) is 4.90 Å². The van der Waals surface area contributed by atoms with Gasteiger partial charge in [-0.3, -0.25) is 4.79 Å². The number of esters is 1. The van der Waals surface area contributed by atoms with Crippen molar-refractivity contribution in [2.75, 3.05) is 31.3 Å². The Bertz CT molecular complexity index is 829. The number of nitrogens with zero attached hydrogens (tertiary/aromatic N) is 1. The zero-order valence-electron chi connectivity index (χ0n) is 17.2. The minimum absolute atomic E-state index is 0.0307. The lowest BCUT2D eigenvalue weighted by Crippen LogP contribution is -2.45. The van der Waals surface area contributed by atoms with Crippen LogP contribution in [0.4, 0.5) is 0 Å². The predicted octanol–water partition coefficient (Wildman–Crippen LogP) is 2.31. The number of sulfone groups is 1. The largest absolute Gasteiger partial charge is 0.494 e. The lowest BCUT2D eigenvalue weighted by molar-refractivity contribution is -0.149. The SMILES string of the molecule is CCOc1ccc(/C=C/C(=O)OCC(=O)N(CC(C)C)[C@H]2CCS(=O)(=O)C2)cc1.